The molecule has 0 aliphatic heterocycles. The number of carbonyl (C=O) groups excluding carboxylic acids is 2. The van der Waals surface area contributed by atoms with Crippen molar-refractivity contribution in [1.29, 1.82) is 0 Å². The summed E-state index contributed by atoms with van der Waals surface area (Å²) in [6.45, 7) is 7.85. The highest BCUT2D eigenvalue weighted by Crippen LogP contribution is 2.25. The molecule has 2 amide bonds. The Morgan fingerprint density at radius 2 is 1.68 bits per heavy atom. The van der Waals surface area contributed by atoms with Crippen LogP contribution in [0.5, 0.6) is 0 Å². The van der Waals surface area contributed by atoms with E-state index in [2.05, 4.69) is 5.32 Å². The van der Waals surface area contributed by atoms with Gasteiger partial charge in [-0.15, -0.1) is 0 Å². The quantitative estimate of drug-likeness (QED) is 0.479. The normalized spacial score (nSPS) is 12.4. The van der Waals surface area contributed by atoms with Crippen LogP contribution in [0.2, 0.25) is 15.1 Å². The predicted molar refractivity (Wildman–Crippen MR) is 129 cm³/mol. The molecule has 0 bridgehead atoms. The van der Waals surface area contributed by atoms with E-state index in [9.17, 15) is 9.59 Å². The van der Waals surface area contributed by atoms with Crippen molar-refractivity contribution in [3.05, 3.63) is 68.7 Å². The zero-order chi connectivity index (χ0) is 23.2. The van der Waals surface area contributed by atoms with Crippen molar-refractivity contribution in [3.63, 3.8) is 0 Å². The molecule has 0 fully saturated rings. The van der Waals surface area contributed by atoms with Gasteiger partial charge in [-0.2, -0.15) is 0 Å². The van der Waals surface area contributed by atoms with E-state index in [1.807, 2.05) is 45.9 Å². The van der Waals surface area contributed by atoms with E-state index in [0.717, 1.165) is 11.1 Å². The van der Waals surface area contributed by atoms with Crippen LogP contribution in [0.1, 0.15) is 51.7 Å². The number of rotatable bonds is 8. The van der Waals surface area contributed by atoms with Crippen LogP contribution in [0.15, 0.2) is 42.5 Å². The van der Waals surface area contributed by atoms with Crippen molar-refractivity contribution in [2.45, 2.75) is 65.1 Å². The highest BCUT2D eigenvalue weighted by Gasteiger charge is 2.30. The highest BCUT2D eigenvalue weighted by molar-refractivity contribution is 6.35. The molecule has 0 unspecified atom stereocenters. The number of nitrogens with one attached hydrogen (secondary N) is 1. The van der Waals surface area contributed by atoms with Gasteiger partial charge < -0.3 is 10.2 Å². The first-order valence-electron chi connectivity index (χ1n) is 10.3. The molecule has 0 aliphatic rings. The van der Waals surface area contributed by atoms with Crippen LogP contribution in [0, 0.1) is 0 Å². The topological polar surface area (TPSA) is 49.4 Å². The van der Waals surface area contributed by atoms with Crippen LogP contribution < -0.4 is 5.32 Å². The average Bonchev–Trinajstić information content (AvgIpc) is 2.67. The van der Waals surface area contributed by atoms with Crippen LogP contribution in [0.25, 0.3) is 0 Å². The molecular weight excluding hydrogens is 455 g/mol. The zero-order valence-electron chi connectivity index (χ0n) is 18.3. The molecule has 2 rings (SSSR count). The molecule has 168 valence electrons. The lowest BCUT2D eigenvalue weighted by Crippen LogP contribution is -2.53. The van der Waals surface area contributed by atoms with Crippen LogP contribution in [0.3, 0.4) is 0 Å². The van der Waals surface area contributed by atoms with Gasteiger partial charge in [0.25, 0.3) is 0 Å². The summed E-state index contributed by atoms with van der Waals surface area (Å²) in [5.41, 5.74) is 1.22. The second-order valence-corrected chi connectivity index (χ2v) is 9.76. The zero-order valence-corrected chi connectivity index (χ0v) is 20.6. The summed E-state index contributed by atoms with van der Waals surface area (Å²) < 4.78 is 0. The number of carbonyl (C=O) groups is 2. The lowest BCUT2D eigenvalue weighted by Gasteiger charge is -2.33. The Morgan fingerprint density at radius 3 is 2.26 bits per heavy atom. The van der Waals surface area contributed by atoms with Gasteiger partial charge >= 0.3 is 0 Å². The Labute approximate surface area is 199 Å². The number of benzene rings is 2. The minimum absolute atomic E-state index is 0.137. The summed E-state index contributed by atoms with van der Waals surface area (Å²) in [5, 5.41) is 4.59. The molecule has 0 saturated heterocycles. The largest absolute Gasteiger partial charge is 0.350 e. The van der Waals surface area contributed by atoms with E-state index in [4.69, 9.17) is 34.8 Å². The maximum atomic E-state index is 13.3. The van der Waals surface area contributed by atoms with Gasteiger partial charge in [0.2, 0.25) is 11.8 Å². The second-order valence-electron chi connectivity index (χ2n) is 8.51. The summed E-state index contributed by atoms with van der Waals surface area (Å²) in [4.78, 5) is 27.9. The first kappa shape index (κ1) is 25.5. The summed E-state index contributed by atoms with van der Waals surface area (Å²) >= 11 is 18.6. The molecule has 1 atom stereocenters. The smallest absolute Gasteiger partial charge is 0.243 e. The van der Waals surface area contributed by atoms with E-state index in [1.165, 1.54) is 0 Å². The predicted octanol–water partition coefficient (Wildman–Crippen LogP) is 6.30. The molecule has 2 aromatic carbocycles. The highest BCUT2D eigenvalue weighted by atomic mass is 35.5. The Hall–Kier alpha value is -1.75. The van der Waals surface area contributed by atoms with Gasteiger partial charge in [0.1, 0.15) is 6.04 Å². The number of nitrogens with zero attached hydrogens (tertiary/aromatic N) is 1. The lowest BCUT2D eigenvalue weighted by atomic mass is 10.0. The standard InChI is InChI=1S/C24H29Cl3N2O2/c1-5-21(23(31)28-24(2,3)4)29(15-17-10-12-18(25)14-20(17)27)22(30)13-11-16-8-6-7-9-19(16)26/h6-10,12,14,21H,5,11,13,15H2,1-4H3,(H,28,31)/t21-/m1/s1. The van der Waals surface area contributed by atoms with Gasteiger partial charge in [0.05, 0.1) is 0 Å². The van der Waals surface area contributed by atoms with Gasteiger partial charge in [-0.3, -0.25) is 9.59 Å². The van der Waals surface area contributed by atoms with Crippen molar-refractivity contribution in [2.24, 2.45) is 0 Å². The molecule has 1 N–H and O–H groups in total. The lowest BCUT2D eigenvalue weighted by molar-refractivity contribution is -0.142. The first-order chi connectivity index (χ1) is 14.5. The van der Waals surface area contributed by atoms with Crippen LogP contribution in [-0.4, -0.2) is 28.3 Å². The molecule has 0 aliphatic carbocycles. The van der Waals surface area contributed by atoms with Crippen molar-refractivity contribution in [3.8, 4) is 0 Å². The number of amides is 2. The summed E-state index contributed by atoms with van der Waals surface area (Å²) in [6.07, 6.45) is 1.19. The Bertz CT molecular complexity index is 925. The third-order valence-corrected chi connectivity index (χ3v) is 5.76. The Balaban J connectivity index is 2.29. The minimum Gasteiger partial charge on any atom is -0.350 e. The molecular formula is C24H29Cl3N2O2. The number of hydrogen-bond acceptors (Lipinski definition) is 2. The van der Waals surface area contributed by atoms with Crippen molar-refractivity contribution >= 4 is 46.6 Å². The molecule has 0 heterocycles. The number of aryl methyl sites for hydroxylation is 1. The fourth-order valence-electron chi connectivity index (χ4n) is 3.29. The number of hydrogen-bond donors (Lipinski definition) is 1. The Kier molecular flexibility index (Phi) is 9.23. The minimum atomic E-state index is -0.621. The molecule has 0 saturated carbocycles. The molecule has 0 aromatic heterocycles. The Morgan fingerprint density at radius 1 is 1.00 bits per heavy atom. The molecule has 4 nitrogen and oxygen atoms in total. The maximum Gasteiger partial charge on any atom is 0.243 e. The first-order valence-corrected chi connectivity index (χ1v) is 11.4. The van der Waals surface area contributed by atoms with Crippen molar-refractivity contribution in [2.75, 3.05) is 0 Å². The van der Waals surface area contributed by atoms with Gasteiger partial charge in [0, 0.05) is 33.6 Å². The second kappa shape index (κ2) is 11.2. The van der Waals surface area contributed by atoms with Crippen LogP contribution in [0.4, 0.5) is 0 Å². The summed E-state index contributed by atoms with van der Waals surface area (Å²) in [6, 6.07) is 12.0. The summed E-state index contributed by atoms with van der Waals surface area (Å²) in [7, 11) is 0. The molecule has 2 aromatic rings. The third-order valence-electron chi connectivity index (χ3n) is 4.81. The number of halogens is 3. The van der Waals surface area contributed by atoms with E-state index in [1.54, 1.807) is 29.2 Å². The van der Waals surface area contributed by atoms with Crippen LogP contribution >= 0.6 is 34.8 Å². The van der Waals surface area contributed by atoms with Gasteiger partial charge in [-0.05, 0) is 62.9 Å². The molecule has 0 spiro atoms. The molecule has 31 heavy (non-hydrogen) atoms. The SMILES string of the molecule is CC[C@H](C(=O)NC(C)(C)C)N(Cc1ccc(Cl)cc1Cl)C(=O)CCc1ccccc1Cl. The molecule has 0 radical (unpaired) electrons. The monoisotopic (exact) mass is 482 g/mol. The van der Waals surface area contributed by atoms with E-state index >= 15 is 0 Å². The van der Waals surface area contributed by atoms with E-state index in [0.29, 0.717) is 27.9 Å². The van der Waals surface area contributed by atoms with E-state index in [-0.39, 0.29) is 24.8 Å². The van der Waals surface area contributed by atoms with Crippen molar-refractivity contribution < 1.29 is 9.59 Å². The third kappa shape index (κ3) is 7.71. The fraction of sp³-hybridized carbons (Fsp3) is 0.417. The summed E-state index contributed by atoms with van der Waals surface area (Å²) in [5.74, 6) is -0.326. The average molecular weight is 484 g/mol. The van der Waals surface area contributed by atoms with Gasteiger partial charge in [-0.1, -0.05) is 66.0 Å². The van der Waals surface area contributed by atoms with Gasteiger partial charge in [0.15, 0.2) is 0 Å². The maximum absolute atomic E-state index is 13.3. The fourth-order valence-corrected chi connectivity index (χ4v) is 3.99. The van der Waals surface area contributed by atoms with Gasteiger partial charge in [-0.25, -0.2) is 0 Å². The van der Waals surface area contributed by atoms with Crippen LogP contribution in [-0.2, 0) is 22.6 Å². The molecule has 7 heteroatoms. The van der Waals surface area contributed by atoms with Crippen molar-refractivity contribution in [1.82, 2.24) is 10.2 Å². The van der Waals surface area contributed by atoms with E-state index < -0.39 is 11.6 Å².